The second-order valence-corrected chi connectivity index (χ2v) is 12.8. The van der Waals surface area contributed by atoms with Crippen molar-refractivity contribution in [1.29, 1.82) is 0 Å². The summed E-state index contributed by atoms with van der Waals surface area (Å²) in [6.07, 6.45) is 5.40. The van der Waals surface area contributed by atoms with Crippen molar-refractivity contribution in [3.05, 3.63) is 83.4 Å². The normalized spacial score (nSPS) is 13.7. The van der Waals surface area contributed by atoms with Gasteiger partial charge in [0.2, 0.25) is 5.91 Å². The molecule has 0 spiro atoms. The molecule has 1 heterocycles. The van der Waals surface area contributed by atoms with Crippen LogP contribution < -0.4 is 16.0 Å². The van der Waals surface area contributed by atoms with Gasteiger partial charge in [-0.1, -0.05) is 75.2 Å². The van der Waals surface area contributed by atoms with Gasteiger partial charge in [0.15, 0.2) is 4.34 Å². The van der Waals surface area contributed by atoms with Gasteiger partial charge in [0.25, 0.3) is 11.8 Å². The van der Waals surface area contributed by atoms with Crippen molar-refractivity contribution < 1.29 is 14.4 Å². The van der Waals surface area contributed by atoms with Crippen LogP contribution in [0.1, 0.15) is 78.1 Å². The molecule has 1 fully saturated rings. The standard InChI is InChI=1S/C32H34N4O3S2/c1-20(2)23-12-8-9-15-26(23)35-29(37)19-40-32-36-27-17-16-22(18-28(27)41-32)34-31(39)25-14-7-6-13-24(25)30(38)33-21-10-4-3-5-11-21/h6-9,12-18,20-21H,3-5,10-11,19H2,1-2H3,(H,33,38)(H,34,39)(H,35,37). The van der Waals surface area contributed by atoms with Crippen LogP contribution in [0.5, 0.6) is 0 Å². The molecule has 5 rings (SSSR count). The van der Waals surface area contributed by atoms with E-state index >= 15 is 0 Å². The summed E-state index contributed by atoms with van der Waals surface area (Å²) in [5, 5.41) is 9.06. The molecule has 9 heteroatoms. The highest BCUT2D eigenvalue weighted by molar-refractivity contribution is 8.01. The van der Waals surface area contributed by atoms with Crippen LogP contribution in [-0.4, -0.2) is 34.5 Å². The summed E-state index contributed by atoms with van der Waals surface area (Å²) < 4.78 is 1.68. The molecule has 0 atom stereocenters. The Morgan fingerprint density at radius 1 is 0.902 bits per heavy atom. The zero-order chi connectivity index (χ0) is 28.8. The lowest BCUT2D eigenvalue weighted by atomic mass is 9.95. The van der Waals surface area contributed by atoms with Crippen LogP contribution >= 0.6 is 23.1 Å². The van der Waals surface area contributed by atoms with Gasteiger partial charge in [0.05, 0.1) is 27.1 Å². The van der Waals surface area contributed by atoms with E-state index in [0.717, 1.165) is 51.5 Å². The molecule has 0 radical (unpaired) electrons. The Kier molecular flexibility index (Phi) is 9.36. The van der Waals surface area contributed by atoms with E-state index < -0.39 is 0 Å². The summed E-state index contributed by atoms with van der Waals surface area (Å²) >= 11 is 2.86. The molecule has 0 unspecified atom stereocenters. The van der Waals surface area contributed by atoms with Crippen molar-refractivity contribution in [2.24, 2.45) is 0 Å². The minimum Gasteiger partial charge on any atom is -0.349 e. The predicted octanol–water partition coefficient (Wildman–Crippen LogP) is 7.47. The van der Waals surface area contributed by atoms with Gasteiger partial charge in [-0.2, -0.15) is 0 Å². The highest BCUT2D eigenvalue weighted by atomic mass is 32.2. The van der Waals surface area contributed by atoms with Gasteiger partial charge < -0.3 is 16.0 Å². The first-order valence-electron chi connectivity index (χ1n) is 14.0. The van der Waals surface area contributed by atoms with E-state index in [1.807, 2.05) is 36.4 Å². The first kappa shape index (κ1) is 28.8. The predicted molar refractivity (Wildman–Crippen MR) is 168 cm³/mol. The summed E-state index contributed by atoms with van der Waals surface area (Å²) in [5.41, 5.74) is 4.08. The van der Waals surface area contributed by atoms with Crippen molar-refractivity contribution in [3.8, 4) is 0 Å². The average Bonchev–Trinajstić information content (AvgIpc) is 3.39. The van der Waals surface area contributed by atoms with E-state index in [1.165, 1.54) is 29.5 Å². The van der Waals surface area contributed by atoms with Gasteiger partial charge in [0.1, 0.15) is 0 Å². The molecule has 3 amide bonds. The Balaban J connectivity index is 1.22. The van der Waals surface area contributed by atoms with Gasteiger partial charge in [-0.05, 0) is 60.7 Å². The Labute approximate surface area is 248 Å². The summed E-state index contributed by atoms with van der Waals surface area (Å²) in [7, 11) is 0. The van der Waals surface area contributed by atoms with Gasteiger partial charge in [-0.15, -0.1) is 11.3 Å². The Bertz CT molecular complexity index is 1560. The lowest BCUT2D eigenvalue weighted by Crippen LogP contribution is -2.37. The monoisotopic (exact) mass is 586 g/mol. The number of hydrogen-bond acceptors (Lipinski definition) is 6. The Morgan fingerprint density at radius 3 is 2.37 bits per heavy atom. The number of para-hydroxylation sites is 1. The lowest BCUT2D eigenvalue weighted by Gasteiger charge is -2.23. The van der Waals surface area contributed by atoms with Crippen molar-refractivity contribution in [2.75, 3.05) is 16.4 Å². The quantitative estimate of drug-likeness (QED) is 0.177. The Morgan fingerprint density at radius 2 is 1.61 bits per heavy atom. The zero-order valence-electron chi connectivity index (χ0n) is 23.2. The van der Waals surface area contributed by atoms with Gasteiger partial charge in [-0.25, -0.2) is 4.98 Å². The fourth-order valence-corrected chi connectivity index (χ4v) is 6.97. The van der Waals surface area contributed by atoms with Crippen LogP contribution in [0, 0.1) is 0 Å². The third-order valence-electron chi connectivity index (χ3n) is 7.17. The van der Waals surface area contributed by atoms with E-state index in [9.17, 15) is 14.4 Å². The first-order chi connectivity index (χ1) is 19.9. The van der Waals surface area contributed by atoms with E-state index in [-0.39, 0.29) is 29.5 Å². The zero-order valence-corrected chi connectivity index (χ0v) is 24.9. The SMILES string of the molecule is CC(C)c1ccccc1NC(=O)CSc1nc2ccc(NC(=O)c3ccccc3C(=O)NC3CCCCC3)cc2s1. The second-order valence-electron chi connectivity index (χ2n) is 10.5. The number of fused-ring (bicyclic) bond motifs is 1. The Hall–Kier alpha value is -3.69. The third kappa shape index (κ3) is 7.34. The number of hydrogen-bond donors (Lipinski definition) is 3. The number of carbonyl (C=O) groups excluding carboxylic acids is 3. The summed E-state index contributed by atoms with van der Waals surface area (Å²) in [5.74, 6) is -0.0721. The molecule has 212 valence electrons. The van der Waals surface area contributed by atoms with Crippen molar-refractivity contribution in [2.45, 2.75) is 62.3 Å². The van der Waals surface area contributed by atoms with Crippen molar-refractivity contribution >= 4 is 62.4 Å². The number of aromatic nitrogens is 1. The molecule has 1 aromatic heterocycles. The van der Waals surface area contributed by atoms with Crippen LogP contribution in [0.4, 0.5) is 11.4 Å². The molecular formula is C32H34N4O3S2. The summed E-state index contributed by atoms with van der Waals surface area (Å²) in [6, 6.07) is 20.5. The minimum atomic E-state index is -0.337. The number of nitrogens with zero attached hydrogens (tertiary/aromatic N) is 1. The topological polar surface area (TPSA) is 100 Å². The maximum absolute atomic E-state index is 13.2. The average molecular weight is 587 g/mol. The molecule has 0 bridgehead atoms. The number of anilines is 2. The lowest BCUT2D eigenvalue weighted by molar-refractivity contribution is -0.113. The van der Waals surface area contributed by atoms with Gasteiger partial charge in [-0.3, -0.25) is 14.4 Å². The molecule has 1 saturated carbocycles. The number of nitrogens with one attached hydrogen (secondary N) is 3. The highest BCUT2D eigenvalue weighted by Gasteiger charge is 2.21. The number of benzene rings is 3. The second kappa shape index (κ2) is 13.3. The van der Waals surface area contributed by atoms with Crippen LogP contribution in [-0.2, 0) is 4.79 Å². The van der Waals surface area contributed by atoms with Crippen LogP contribution in [0.15, 0.2) is 71.1 Å². The van der Waals surface area contributed by atoms with Gasteiger partial charge in [0, 0.05) is 17.4 Å². The number of thiazole rings is 1. The summed E-state index contributed by atoms with van der Waals surface area (Å²) in [6.45, 7) is 4.20. The fraction of sp³-hybridized carbons (Fsp3) is 0.312. The molecule has 4 aromatic rings. The smallest absolute Gasteiger partial charge is 0.256 e. The maximum Gasteiger partial charge on any atom is 0.256 e. The molecule has 7 nitrogen and oxygen atoms in total. The molecule has 41 heavy (non-hydrogen) atoms. The van der Waals surface area contributed by atoms with E-state index in [0.29, 0.717) is 22.7 Å². The molecule has 1 aliphatic carbocycles. The summed E-state index contributed by atoms with van der Waals surface area (Å²) in [4.78, 5) is 43.5. The minimum absolute atomic E-state index is 0.0819. The fourth-order valence-electron chi connectivity index (χ4n) is 5.06. The molecule has 0 aliphatic heterocycles. The molecule has 3 N–H and O–H groups in total. The molecule has 0 saturated heterocycles. The maximum atomic E-state index is 13.2. The van der Waals surface area contributed by atoms with E-state index in [2.05, 4.69) is 34.8 Å². The van der Waals surface area contributed by atoms with Crippen LogP contribution in [0.3, 0.4) is 0 Å². The number of carbonyl (C=O) groups is 3. The van der Waals surface area contributed by atoms with Crippen LogP contribution in [0.25, 0.3) is 10.2 Å². The van der Waals surface area contributed by atoms with Crippen molar-refractivity contribution in [3.63, 3.8) is 0 Å². The number of rotatable bonds is 9. The van der Waals surface area contributed by atoms with Crippen LogP contribution in [0.2, 0.25) is 0 Å². The molecule has 1 aliphatic rings. The largest absolute Gasteiger partial charge is 0.349 e. The number of amides is 3. The highest BCUT2D eigenvalue weighted by Crippen LogP contribution is 2.32. The van der Waals surface area contributed by atoms with Crippen molar-refractivity contribution in [1.82, 2.24) is 10.3 Å². The number of thioether (sulfide) groups is 1. The molecular weight excluding hydrogens is 553 g/mol. The third-order valence-corrected chi connectivity index (χ3v) is 9.33. The first-order valence-corrected chi connectivity index (χ1v) is 15.8. The van der Waals surface area contributed by atoms with E-state index in [4.69, 9.17) is 0 Å². The molecule has 3 aromatic carbocycles. The van der Waals surface area contributed by atoms with Gasteiger partial charge >= 0.3 is 0 Å². The van der Waals surface area contributed by atoms with E-state index in [1.54, 1.807) is 30.3 Å².